The van der Waals surface area contributed by atoms with E-state index in [0.717, 1.165) is 49.6 Å². The first-order chi connectivity index (χ1) is 8.22. The molecule has 2 heterocycles. The van der Waals surface area contributed by atoms with Crippen molar-refractivity contribution in [2.24, 2.45) is 0 Å². The van der Waals surface area contributed by atoms with Crippen LogP contribution in [0.3, 0.4) is 0 Å². The van der Waals surface area contributed by atoms with Gasteiger partial charge in [0.15, 0.2) is 5.13 Å². The van der Waals surface area contributed by atoms with Crippen molar-refractivity contribution in [1.29, 1.82) is 0 Å². The lowest BCUT2D eigenvalue weighted by Crippen LogP contribution is -2.46. The summed E-state index contributed by atoms with van der Waals surface area (Å²) in [5.41, 5.74) is 6.56. The molecule has 1 aromatic heterocycles. The van der Waals surface area contributed by atoms with E-state index in [4.69, 9.17) is 5.73 Å². The minimum absolute atomic E-state index is 0.0872. The van der Waals surface area contributed by atoms with Gasteiger partial charge in [0.05, 0.1) is 5.69 Å². The Morgan fingerprint density at radius 3 is 2.88 bits per heavy atom. The maximum absolute atomic E-state index is 12.3. The fourth-order valence-electron chi connectivity index (χ4n) is 1.95. The number of hydrogen-bond donors (Lipinski definition) is 2. The molecule has 0 unspecified atom stereocenters. The average Bonchev–Trinajstić information content (AvgIpc) is 2.71. The van der Waals surface area contributed by atoms with Crippen LogP contribution >= 0.6 is 11.3 Å². The molecule has 0 aliphatic carbocycles. The lowest BCUT2D eigenvalue weighted by atomic mass is 10.2. The minimum Gasteiger partial charge on any atom is -0.375 e. The Labute approximate surface area is 105 Å². The molecule has 0 radical (unpaired) electrons. The van der Waals surface area contributed by atoms with E-state index in [-0.39, 0.29) is 5.91 Å². The van der Waals surface area contributed by atoms with Crippen LogP contribution in [0.15, 0.2) is 0 Å². The van der Waals surface area contributed by atoms with Gasteiger partial charge in [0, 0.05) is 26.2 Å². The number of nitrogen functional groups attached to an aromatic ring is 1. The highest BCUT2D eigenvalue weighted by molar-refractivity contribution is 7.17. The van der Waals surface area contributed by atoms with Gasteiger partial charge in [-0.05, 0) is 6.42 Å². The van der Waals surface area contributed by atoms with Gasteiger partial charge < -0.3 is 16.0 Å². The highest BCUT2D eigenvalue weighted by Crippen LogP contribution is 2.23. The molecule has 1 saturated heterocycles. The van der Waals surface area contributed by atoms with Crippen LogP contribution in [0.5, 0.6) is 0 Å². The summed E-state index contributed by atoms with van der Waals surface area (Å²) in [6.07, 6.45) is 1.80. The summed E-state index contributed by atoms with van der Waals surface area (Å²) in [4.78, 5) is 19.2. The zero-order valence-electron chi connectivity index (χ0n) is 10.0. The Balaban J connectivity index is 2.16. The Kier molecular flexibility index (Phi) is 3.96. The minimum atomic E-state index is 0.0872. The first kappa shape index (κ1) is 12.3. The van der Waals surface area contributed by atoms with Crippen LogP contribution in [-0.4, -0.2) is 42.0 Å². The summed E-state index contributed by atoms with van der Waals surface area (Å²) in [6.45, 7) is 5.34. The van der Waals surface area contributed by atoms with Crippen LogP contribution in [-0.2, 0) is 6.42 Å². The summed E-state index contributed by atoms with van der Waals surface area (Å²) in [5, 5.41) is 3.73. The molecule has 94 valence electrons. The summed E-state index contributed by atoms with van der Waals surface area (Å²) in [5.74, 6) is 0.0872. The van der Waals surface area contributed by atoms with Gasteiger partial charge in [0.1, 0.15) is 4.88 Å². The molecule has 1 aliphatic heterocycles. The number of nitrogens with zero attached hydrogens (tertiary/aromatic N) is 2. The van der Waals surface area contributed by atoms with E-state index in [0.29, 0.717) is 5.13 Å². The van der Waals surface area contributed by atoms with Gasteiger partial charge in [-0.3, -0.25) is 4.79 Å². The van der Waals surface area contributed by atoms with E-state index in [1.807, 2.05) is 4.90 Å². The second-order valence-corrected chi connectivity index (χ2v) is 5.15. The quantitative estimate of drug-likeness (QED) is 0.834. The van der Waals surface area contributed by atoms with Crippen LogP contribution in [0.2, 0.25) is 0 Å². The molecule has 0 spiro atoms. The number of amides is 1. The molecule has 5 nitrogen and oxygen atoms in total. The first-order valence-corrected chi connectivity index (χ1v) is 6.79. The standard InChI is InChI=1S/C11H18N4OS/c1-2-3-8-9(17-11(12)14-8)10(16)15-6-4-13-5-7-15/h13H,2-7H2,1H3,(H2,12,14). The number of piperazine rings is 1. The lowest BCUT2D eigenvalue weighted by molar-refractivity contribution is 0.0739. The largest absolute Gasteiger partial charge is 0.375 e. The van der Waals surface area contributed by atoms with Crippen molar-refractivity contribution in [1.82, 2.24) is 15.2 Å². The topological polar surface area (TPSA) is 71.2 Å². The van der Waals surface area contributed by atoms with Crippen molar-refractivity contribution in [2.75, 3.05) is 31.9 Å². The molecule has 0 atom stereocenters. The second-order valence-electron chi connectivity index (χ2n) is 4.12. The number of nitrogens with one attached hydrogen (secondary N) is 1. The van der Waals surface area contributed by atoms with Crippen molar-refractivity contribution >= 4 is 22.4 Å². The van der Waals surface area contributed by atoms with Crippen LogP contribution in [0.4, 0.5) is 5.13 Å². The molecule has 1 fully saturated rings. The number of carbonyl (C=O) groups excluding carboxylic acids is 1. The summed E-state index contributed by atoms with van der Waals surface area (Å²) >= 11 is 1.31. The molecule has 0 aromatic carbocycles. The Hall–Kier alpha value is -1.14. The molecule has 1 aromatic rings. The van der Waals surface area contributed by atoms with E-state index in [1.165, 1.54) is 11.3 Å². The number of aryl methyl sites for hydroxylation is 1. The lowest BCUT2D eigenvalue weighted by Gasteiger charge is -2.27. The Morgan fingerprint density at radius 1 is 1.53 bits per heavy atom. The van der Waals surface area contributed by atoms with Gasteiger partial charge in [0.25, 0.3) is 5.91 Å². The van der Waals surface area contributed by atoms with E-state index in [2.05, 4.69) is 17.2 Å². The maximum atomic E-state index is 12.3. The molecule has 1 aliphatic rings. The molecule has 0 saturated carbocycles. The van der Waals surface area contributed by atoms with E-state index in [9.17, 15) is 4.79 Å². The van der Waals surface area contributed by atoms with E-state index >= 15 is 0 Å². The van der Waals surface area contributed by atoms with Crippen molar-refractivity contribution < 1.29 is 4.79 Å². The molecule has 2 rings (SSSR count). The monoisotopic (exact) mass is 254 g/mol. The molecule has 1 amide bonds. The number of anilines is 1. The molecule has 17 heavy (non-hydrogen) atoms. The van der Waals surface area contributed by atoms with Crippen molar-refractivity contribution in [3.05, 3.63) is 10.6 Å². The third-order valence-electron chi connectivity index (χ3n) is 2.80. The van der Waals surface area contributed by atoms with Crippen LogP contribution in [0.25, 0.3) is 0 Å². The third-order valence-corrected chi connectivity index (χ3v) is 3.71. The zero-order valence-corrected chi connectivity index (χ0v) is 10.8. The fraction of sp³-hybridized carbons (Fsp3) is 0.636. The average molecular weight is 254 g/mol. The number of nitrogens with two attached hydrogens (primary N) is 1. The van der Waals surface area contributed by atoms with E-state index in [1.54, 1.807) is 0 Å². The van der Waals surface area contributed by atoms with Crippen molar-refractivity contribution in [2.45, 2.75) is 19.8 Å². The summed E-state index contributed by atoms with van der Waals surface area (Å²) in [7, 11) is 0. The predicted octanol–water partition coefficient (Wildman–Crippen LogP) is 0.723. The molecule has 0 bridgehead atoms. The number of rotatable bonds is 3. The molecule has 3 N–H and O–H groups in total. The summed E-state index contributed by atoms with van der Waals surface area (Å²) in [6, 6.07) is 0. The van der Waals surface area contributed by atoms with Gasteiger partial charge >= 0.3 is 0 Å². The normalized spacial score (nSPS) is 16.2. The van der Waals surface area contributed by atoms with Crippen LogP contribution < -0.4 is 11.1 Å². The van der Waals surface area contributed by atoms with Gasteiger partial charge in [-0.1, -0.05) is 24.7 Å². The molecule has 6 heteroatoms. The number of hydrogen-bond acceptors (Lipinski definition) is 5. The van der Waals surface area contributed by atoms with Crippen LogP contribution in [0.1, 0.15) is 28.7 Å². The van der Waals surface area contributed by atoms with E-state index < -0.39 is 0 Å². The van der Waals surface area contributed by atoms with Gasteiger partial charge in [-0.15, -0.1) is 0 Å². The predicted molar refractivity (Wildman–Crippen MR) is 69.3 cm³/mol. The highest BCUT2D eigenvalue weighted by Gasteiger charge is 2.23. The summed E-state index contributed by atoms with van der Waals surface area (Å²) < 4.78 is 0. The zero-order chi connectivity index (χ0) is 12.3. The SMILES string of the molecule is CCCc1nc(N)sc1C(=O)N1CCNCC1. The third kappa shape index (κ3) is 2.76. The smallest absolute Gasteiger partial charge is 0.266 e. The molecular weight excluding hydrogens is 236 g/mol. The van der Waals surface area contributed by atoms with Gasteiger partial charge in [0.2, 0.25) is 0 Å². The van der Waals surface area contributed by atoms with Gasteiger partial charge in [-0.25, -0.2) is 4.98 Å². The fourth-order valence-corrected chi connectivity index (χ4v) is 2.80. The highest BCUT2D eigenvalue weighted by atomic mass is 32.1. The number of thiazole rings is 1. The second kappa shape index (κ2) is 5.46. The first-order valence-electron chi connectivity index (χ1n) is 5.97. The molecular formula is C11H18N4OS. The Morgan fingerprint density at radius 2 is 2.24 bits per heavy atom. The number of carbonyl (C=O) groups is 1. The van der Waals surface area contributed by atoms with Crippen LogP contribution in [0, 0.1) is 0 Å². The van der Waals surface area contributed by atoms with Crippen molar-refractivity contribution in [3.63, 3.8) is 0 Å². The Bertz CT molecular complexity index is 398. The van der Waals surface area contributed by atoms with Crippen molar-refractivity contribution in [3.8, 4) is 0 Å². The maximum Gasteiger partial charge on any atom is 0.266 e. The number of aromatic nitrogens is 1. The van der Waals surface area contributed by atoms with Gasteiger partial charge in [-0.2, -0.15) is 0 Å².